The van der Waals surface area contributed by atoms with Gasteiger partial charge in [0, 0.05) is 12.5 Å². The Morgan fingerprint density at radius 3 is 2.88 bits per heavy atom. The molecule has 4 rings (SSSR count). The van der Waals surface area contributed by atoms with E-state index in [2.05, 4.69) is 49.5 Å². The molecule has 0 bridgehead atoms. The quantitative estimate of drug-likeness (QED) is 0.491. The number of carbonyl (C=O) groups excluding carboxylic acids is 1. The maximum atomic E-state index is 12.5. The van der Waals surface area contributed by atoms with Crippen molar-refractivity contribution in [2.75, 3.05) is 13.1 Å². The standard InChI is InChI=1S/C23H31NO2/c1-16-7-6-11-23(2)14-21-18(13-20(16)23)19(22(25)26-21)15-24-12-10-17-8-4-3-5-9-17/h3-5,8-9,13,16,18-19,21,24H,6-7,10-12,14-15H2,1-2H3. The molecule has 0 aromatic heterocycles. The fraction of sp³-hybridized carbons (Fsp3) is 0.609. The predicted molar refractivity (Wildman–Crippen MR) is 104 cm³/mol. The number of allylic oxidation sites excluding steroid dienone is 1. The lowest BCUT2D eigenvalue weighted by atomic mass is 9.59. The molecule has 1 heterocycles. The van der Waals surface area contributed by atoms with Gasteiger partial charge in [0.1, 0.15) is 6.10 Å². The molecule has 2 fully saturated rings. The lowest BCUT2D eigenvalue weighted by Gasteiger charge is -2.46. The molecule has 5 atom stereocenters. The normalized spacial score (nSPS) is 36.1. The highest BCUT2D eigenvalue weighted by Crippen LogP contribution is 2.53. The van der Waals surface area contributed by atoms with E-state index in [1.807, 2.05) is 6.07 Å². The first-order chi connectivity index (χ1) is 12.6. The van der Waals surface area contributed by atoms with E-state index in [4.69, 9.17) is 4.74 Å². The first-order valence-corrected chi connectivity index (χ1v) is 10.2. The molecule has 1 saturated heterocycles. The maximum Gasteiger partial charge on any atom is 0.311 e. The van der Waals surface area contributed by atoms with E-state index in [0.29, 0.717) is 5.92 Å². The summed E-state index contributed by atoms with van der Waals surface area (Å²) >= 11 is 0. The molecular formula is C23H31NO2. The molecule has 2 aliphatic carbocycles. The SMILES string of the molecule is CC1CCCC2(C)CC3OC(=O)C(CNCCc4ccccc4)C3C=C12. The minimum absolute atomic E-state index is 0.000962. The van der Waals surface area contributed by atoms with Crippen molar-refractivity contribution in [1.29, 1.82) is 0 Å². The number of nitrogens with one attached hydrogen (secondary N) is 1. The van der Waals surface area contributed by atoms with Gasteiger partial charge in [0.2, 0.25) is 0 Å². The summed E-state index contributed by atoms with van der Waals surface area (Å²) in [6.45, 7) is 6.36. The topological polar surface area (TPSA) is 38.3 Å². The van der Waals surface area contributed by atoms with Gasteiger partial charge >= 0.3 is 5.97 Å². The number of benzene rings is 1. The number of rotatable bonds is 5. The zero-order chi connectivity index (χ0) is 18.1. The Kier molecular flexibility index (Phi) is 4.92. The average Bonchev–Trinajstić information content (AvgIpc) is 2.92. The number of ether oxygens (including phenoxy) is 1. The van der Waals surface area contributed by atoms with E-state index in [-0.39, 0.29) is 29.3 Å². The van der Waals surface area contributed by atoms with Crippen molar-refractivity contribution in [1.82, 2.24) is 5.32 Å². The predicted octanol–water partition coefficient (Wildman–Crippen LogP) is 4.13. The van der Waals surface area contributed by atoms with Crippen LogP contribution in [0.25, 0.3) is 0 Å². The second-order valence-electron chi connectivity index (χ2n) is 8.78. The first kappa shape index (κ1) is 17.8. The van der Waals surface area contributed by atoms with E-state index in [1.165, 1.54) is 24.8 Å². The molecule has 0 spiro atoms. The maximum absolute atomic E-state index is 12.5. The van der Waals surface area contributed by atoms with Gasteiger partial charge in [-0.25, -0.2) is 0 Å². The first-order valence-electron chi connectivity index (χ1n) is 10.2. The molecule has 140 valence electrons. The van der Waals surface area contributed by atoms with Crippen LogP contribution in [0.4, 0.5) is 0 Å². The summed E-state index contributed by atoms with van der Waals surface area (Å²) in [4.78, 5) is 12.5. The molecule has 26 heavy (non-hydrogen) atoms. The minimum atomic E-state index is -0.0260. The van der Waals surface area contributed by atoms with Crippen LogP contribution in [-0.4, -0.2) is 25.2 Å². The van der Waals surface area contributed by atoms with Gasteiger partial charge in [-0.3, -0.25) is 4.79 Å². The van der Waals surface area contributed by atoms with Crippen LogP contribution in [0.15, 0.2) is 42.0 Å². The summed E-state index contributed by atoms with van der Waals surface area (Å²) in [7, 11) is 0. The molecule has 1 N–H and O–H groups in total. The van der Waals surface area contributed by atoms with E-state index in [9.17, 15) is 4.79 Å². The van der Waals surface area contributed by atoms with Gasteiger partial charge in [-0.2, -0.15) is 0 Å². The van der Waals surface area contributed by atoms with Gasteiger partial charge in [-0.15, -0.1) is 0 Å². The largest absolute Gasteiger partial charge is 0.461 e. The van der Waals surface area contributed by atoms with Crippen molar-refractivity contribution in [2.45, 2.75) is 52.1 Å². The number of carbonyl (C=O) groups is 1. The van der Waals surface area contributed by atoms with Crippen LogP contribution in [0.2, 0.25) is 0 Å². The van der Waals surface area contributed by atoms with Gasteiger partial charge in [-0.1, -0.05) is 62.2 Å². The molecule has 1 aromatic rings. The summed E-state index contributed by atoms with van der Waals surface area (Å²) in [5.41, 5.74) is 3.17. The highest BCUT2D eigenvalue weighted by Gasteiger charge is 2.51. The van der Waals surface area contributed by atoms with Gasteiger partial charge in [-0.05, 0) is 49.1 Å². The lowest BCUT2D eigenvalue weighted by Crippen LogP contribution is -2.40. The Balaban J connectivity index is 1.40. The Hall–Kier alpha value is -1.61. The highest BCUT2D eigenvalue weighted by atomic mass is 16.6. The van der Waals surface area contributed by atoms with E-state index in [1.54, 1.807) is 5.57 Å². The summed E-state index contributed by atoms with van der Waals surface area (Å²) in [5, 5.41) is 3.50. The van der Waals surface area contributed by atoms with E-state index < -0.39 is 0 Å². The Labute approximate surface area is 157 Å². The Bertz CT molecular complexity index is 683. The molecule has 1 saturated carbocycles. The third kappa shape index (κ3) is 3.34. The summed E-state index contributed by atoms with van der Waals surface area (Å²) in [6.07, 6.45) is 8.35. The Morgan fingerprint density at radius 2 is 2.08 bits per heavy atom. The number of fused-ring (bicyclic) bond motifs is 2. The second-order valence-corrected chi connectivity index (χ2v) is 8.78. The fourth-order valence-corrected chi connectivity index (χ4v) is 5.42. The molecule has 0 amide bonds. The fourth-order valence-electron chi connectivity index (χ4n) is 5.42. The van der Waals surface area contributed by atoms with Crippen molar-refractivity contribution in [3.8, 4) is 0 Å². The molecule has 3 heteroatoms. The smallest absolute Gasteiger partial charge is 0.311 e. The average molecular weight is 354 g/mol. The molecule has 3 nitrogen and oxygen atoms in total. The van der Waals surface area contributed by atoms with Gasteiger partial charge in [0.05, 0.1) is 5.92 Å². The third-order valence-corrected chi connectivity index (χ3v) is 6.88. The Morgan fingerprint density at radius 1 is 1.27 bits per heavy atom. The molecule has 0 radical (unpaired) electrons. The van der Waals surface area contributed by atoms with Crippen molar-refractivity contribution in [2.24, 2.45) is 23.2 Å². The van der Waals surface area contributed by atoms with Gasteiger partial charge < -0.3 is 10.1 Å². The van der Waals surface area contributed by atoms with Crippen LogP contribution in [-0.2, 0) is 16.0 Å². The van der Waals surface area contributed by atoms with Gasteiger partial charge in [0.15, 0.2) is 0 Å². The monoisotopic (exact) mass is 353 g/mol. The highest BCUT2D eigenvalue weighted by molar-refractivity contribution is 5.76. The van der Waals surface area contributed by atoms with Crippen LogP contribution in [0.1, 0.15) is 45.1 Å². The van der Waals surface area contributed by atoms with Crippen LogP contribution >= 0.6 is 0 Å². The summed E-state index contributed by atoms with van der Waals surface area (Å²) in [6, 6.07) is 10.5. The summed E-state index contributed by atoms with van der Waals surface area (Å²) < 4.78 is 5.82. The van der Waals surface area contributed by atoms with Crippen molar-refractivity contribution in [3.05, 3.63) is 47.5 Å². The van der Waals surface area contributed by atoms with Crippen molar-refractivity contribution >= 4 is 5.97 Å². The number of hydrogen-bond donors (Lipinski definition) is 1. The van der Waals surface area contributed by atoms with Crippen LogP contribution < -0.4 is 5.32 Å². The third-order valence-electron chi connectivity index (χ3n) is 6.88. The minimum Gasteiger partial charge on any atom is -0.461 e. The molecule has 5 unspecified atom stereocenters. The van der Waals surface area contributed by atoms with Crippen LogP contribution in [0.5, 0.6) is 0 Å². The van der Waals surface area contributed by atoms with E-state index >= 15 is 0 Å². The molecular weight excluding hydrogens is 322 g/mol. The number of hydrogen-bond acceptors (Lipinski definition) is 3. The molecule has 1 aliphatic heterocycles. The van der Waals surface area contributed by atoms with Crippen molar-refractivity contribution in [3.63, 3.8) is 0 Å². The number of esters is 1. The van der Waals surface area contributed by atoms with Crippen molar-refractivity contribution < 1.29 is 9.53 Å². The van der Waals surface area contributed by atoms with Crippen LogP contribution in [0, 0.1) is 23.2 Å². The van der Waals surface area contributed by atoms with Gasteiger partial charge in [0.25, 0.3) is 0 Å². The lowest BCUT2D eigenvalue weighted by molar-refractivity contribution is -0.145. The van der Waals surface area contributed by atoms with E-state index in [0.717, 1.165) is 25.9 Å². The zero-order valence-corrected chi connectivity index (χ0v) is 16.0. The second kappa shape index (κ2) is 7.19. The molecule has 1 aromatic carbocycles. The summed E-state index contributed by atoms with van der Waals surface area (Å²) in [5.74, 6) is 0.883. The zero-order valence-electron chi connectivity index (χ0n) is 16.0. The molecule has 3 aliphatic rings. The van der Waals surface area contributed by atoms with Crippen LogP contribution in [0.3, 0.4) is 0 Å².